The first-order valence-corrected chi connectivity index (χ1v) is 3.09. The Balaban J connectivity index is 3.34. The second kappa shape index (κ2) is 4.18. The van der Waals surface area contributed by atoms with Gasteiger partial charge in [-0.25, -0.2) is 4.79 Å². The zero-order chi connectivity index (χ0) is 7.28. The van der Waals surface area contributed by atoms with Gasteiger partial charge in [0.25, 0.3) is 0 Å². The number of amides is 1. The summed E-state index contributed by atoms with van der Waals surface area (Å²) in [5.74, 6) is 0. The summed E-state index contributed by atoms with van der Waals surface area (Å²) >= 11 is 0. The lowest BCUT2D eigenvalue weighted by Crippen LogP contribution is -2.23. The standard InChI is InChI=1S/C6H13NO2/c1-4-5(2)9-6(8)7-3/h5H,4H2,1-3H3,(H,7,8). The molecular formula is C6H13NO2. The summed E-state index contributed by atoms with van der Waals surface area (Å²) in [5, 5.41) is 2.37. The van der Waals surface area contributed by atoms with E-state index in [1.165, 1.54) is 0 Å². The van der Waals surface area contributed by atoms with E-state index in [1.807, 2.05) is 13.8 Å². The van der Waals surface area contributed by atoms with Crippen molar-refractivity contribution in [2.45, 2.75) is 26.4 Å². The molecule has 0 aromatic carbocycles. The van der Waals surface area contributed by atoms with Crippen molar-refractivity contribution in [1.29, 1.82) is 0 Å². The van der Waals surface area contributed by atoms with Crippen LogP contribution in [0.15, 0.2) is 0 Å². The molecule has 0 aromatic rings. The molecule has 0 spiro atoms. The third kappa shape index (κ3) is 3.82. The van der Waals surface area contributed by atoms with E-state index in [4.69, 9.17) is 4.74 Å². The predicted octanol–water partition coefficient (Wildman–Crippen LogP) is 1.14. The molecule has 1 N–H and O–H groups in total. The van der Waals surface area contributed by atoms with E-state index in [2.05, 4.69) is 5.32 Å². The minimum absolute atomic E-state index is 0.0185. The molecule has 0 aliphatic carbocycles. The molecule has 1 unspecified atom stereocenters. The van der Waals surface area contributed by atoms with Crippen LogP contribution in [0.2, 0.25) is 0 Å². The highest BCUT2D eigenvalue weighted by Crippen LogP contribution is 1.94. The average molecular weight is 131 g/mol. The fourth-order valence-corrected chi connectivity index (χ4v) is 0.325. The van der Waals surface area contributed by atoms with Gasteiger partial charge >= 0.3 is 6.09 Å². The molecule has 0 saturated heterocycles. The first-order chi connectivity index (χ1) is 4.20. The second-order valence-corrected chi connectivity index (χ2v) is 1.87. The number of rotatable bonds is 2. The summed E-state index contributed by atoms with van der Waals surface area (Å²) < 4.78 is 4.80. The van der Waals surface area contributed by atoms with Crippen LogP contribution in [0.4, 0.5) is 4.79 Å². The molecule has 0 fully saturated rings. The molecular weight excluding hydrogens is 118 g/mol. The first kappa shape index (κ1) is 8.27. The molecule has 0 aliphatic heterocycles. The number of carbonyl (C=O) groups excluding carboxylic acids is 1. The van der Waals surface area contributed by atoms with Crippen molar-refractivity contribution in [1.82, 2.24) is 5.32 Å². The van der Waals surface area contributed by atoms with Gasteiger partial charge in [0.2, 0.25) is 0 Å². The van der Waals surface area contributed by atoms with E-state index in [1.54, 1.807) is 7.05 Å². The van der Waals surface area contributed by atoms with Gasteiger partial charge in [-0.15, -0.1) is 0 Å². The maximum Gasteiger partial charge on any atom is 0.407 e. The summed E-state index contributed by atoms with van der Waals surface area (Å²) in [6.45, 7) is 3.82. The lowest BCUT2D eigenvalue weighted by atomic mass is 10.3. The lowest BCUT2D eigenvalue weighted by molar-refractivity contribution is 0.107. The number of hydrogen-bond acceptors (Lipinski definition) is 2. The zero-order valence-corrected chi connectivity index (χ0v) is 6.10. The van der Waals surface area contributed by atoms with Crippen LogP contribution in [0.25, 0.3) is 0 Å². The van der Waals surface area contributed by atoms with E-state index in [0.29, 0.717) is 0 Å². The monoisotopic (exact) mass is 131 g/mol. The summed E-state index contributed by atoms with van der Waals surface area (Å²) in [6.07, 6.45) is 0.516. The maximum absolute atomic E-state index is 10.4. The van der Waals surface area contributed by atoms with Gasteiger partial charge in [0.05, 0.1) is 0 Å². The van der Waals surface area contributed by atoms with Crippen LogP contribution in [-0.2, 0) is 4.74 Å². The van der Waals surface area contributed by atoms with Crippen molar-refractivity contribution in [3.8, 4) is 0 Å². The van der Waals surface area contributed by atoms with Crippen molar-refractivity contribution < 1.29 is 9.53 Å². The number of nitrogens with one attached hydrogen (secondary N) is 1. The van der Waals surface area contributed by atoms with Gasteiger partial charge in [-0.1, -0.05) is 6.92 Å². The Morgan fingerprint density at radius 3 is 2.67 bits per heavy atom. The van der Waals surface area contributed by atoms with Gasteiger partial charge in [-0.2, -0.15) is 0 Å². The maximum atomic E-state index is 10.4. The van der Waals surface area contributed by atoms with Crippen LogP contribution in [0.3, 0.4) is 0 Å². The zero-order valence-electron chi connectivity index (χ0n) is 6.10. The molecule has 3 nitrogen and oxygen atoms in total. The van der Waals surface area contributed by atoms with Gasteiger partial charge in [0.15, 0.2) is 0 Å². The third-order valence-corrected chi connectivity index (χ3v) is 1.09. The summed E-state index contributed by atoms with van der Waals surface area (Å²) in [7, 11) is 1.55. The van der Waals surface area contributed by atoms with Crippen molar-refractivity contribution >= 4 is 6.09 Å². The second-order valence-electron chi connectivity index (χ2n) is 1.87. The molecule has 54 valence electrons. The normalized spacial score (nSPS) is 12.3. The van der Waals surface area contributed by atoms with Crippen LogP contribution >= 0.6 is 0 Å². The van der Waals surface area contributed by atoms with Crippen LogP contribution in [0, 0.1) is 0 Å². The van der Waals surface area contributed by atoms with Gasteiger partial charge in [-0.3, -0.25) is 0 Å². The molecule has 9 heavy (non-hydrogen) atoms. The fraction of sp³-hybridized carbons (Fsp3) is 0.833. The minimum atomic E-state index is -0.357. The van der Waals surface area contributed by atoms with Crippen LogP contribution in [0.5, 0.6) is 0 Å². The quantitative estimate of drug-likeness (QED) is 0.610. The van der Waals surface area contributed by atoms with E-state index in [-0.39, 0.29) is 12.2 Å². The molecule has 0 aromatic heterocycles. The fourth-order valence-electron chi connectivity index (χ4n) is 0.325. The number of alkyl carbamates (subject to hydrolysis) is 1. The largest absolute Gasteiger partial charge is 0.447 e. The summed E-state index contributed by atoms with van der Waals surface area (Å²) in [4.78, 5) is 10.4. The minimum Gasteiger partial charge on any atom is -0.447 e. The highest BCUT2D eigenvalue weighted by atomic mass is 16.6. The smallest absolute Gasteiger partial charge is 0.407 e. The molecule has 1 atom stereocenters. The molecule has 0 radical (unpaired) electrons. The Kier molecular flexibility index (Phi) is 3.84. The van der Waals surface area contributed by atoms with E-state index >= 15 is 0 Å². The number of hydrogen-bond donors (Lipinski definition) is 1. The molecule has 0 bridgehead atoms. The number of ether oxygens (including phenoxy) is 1. The third-order valence-electron chi connectivity index (χ3n) is 1.09. The SMILES string of the molecule is CCC(C)OC(=O)NC. The summed E-state index contributed by atoms with van der Waals surface area (Å²) in [5.41, 5.74) is 0. The summed E-state index contributed by atoms with van der Waals surface area (Å²) in [6, 6.07) is 0. The molecule has 0 saturated carbocycles. The van der Waals surface area contributed by atoms with Crippen LogP contribution < -0.4 is 5.32 Å². The Morgan fingerprint density at radius 1 is 1.78 bits per heavy atom. The van der Waals surface area contributed by atoms with E-state index in [0.717, 1.165) is 6.42 Å². The van der Waals surface area contributed by atoms with Crippen molar-refractivity contribution in [3.63, 3.8) is 0 Å². The molecule has 0 aliphatic rings. The molecule has 1 amide bonds. The van der Waals surface area contributed by atoms with Gasteiger partial charge in [0.1, 0.15) is 6.10 Å². The van der Waals surface area contributed by atoms with Crippen LogP contribution in [0.1, 0.15) is 20.3 Å². The van der Waals surface area contributed by atoms with Crippen LogP contribution in [-0.4, -0.2) is 19.2 Å². The van der Waals surface area contributed by atoms with Gasteiger partial charge < -0.3 is 10.1 Å². The topological polar surface area (TPSA) is 38.3 Å². The van der Waals surface area contributed by atoms with Crippen molar-refractivity contribution in [2.24, 2.45) is 0 Å². The number of carbonyl (C=O) groups is 1. The first-order valence-electron chi connectivity index (χ1n) is 3.09. The predicted molar refractivity (Wildman–Crippen MR) is 35.3 cm³/mol. The Labute approximate surface area is 55.4 Å². The molecule has 0 rings (SSSR count). The van der Waals surface area contributed by atoms with Gasteiger partial charge in [-0.05, 0) is 13.3 Å². The highest BCUT2D eigenvalue weighted by molar-refractivity contribution is 5.66. The molecule has 3 heteroatoms. The van der Waals surface area contributed by atoms with E-state index < -0.39 is 0 Å². The Bertz CT molecular complexity index is 93.1. The average Bonchev–Trinajstić information content (AvgIpc) is 1.87. The van der Waals surface area contributed by atoms with Crippen molar-refractivity contribution in [3.05, 3.63) is 0 Å². The Hall–Kier alpha value is -0.730. The molecule has 0 heterocycles. The highest BCUT2D eigenvalue weighted by Gasteiger charge is 2.02. The van der Waals surface area contributed by atoms with Crippen molar-refractivity contribution in [2.75, 3.05) is 7.05 Å². The van der Waals surface area contributed by atoms with Gasteiger partial charge in [0, 0.05) is 7.05 Å². The lowest BCUT2D eigenvalue weighted by Gasteiger charge is -2.08. The Morgan fingerprint density at radius 2 is 2.33 bits per heavy atom. The van der Waals surface area contributed by atoms with E-state index in [9.17, 15) is 4.79 Å².